The zero-order valence-corrected chi connectivity index (χ0v) is 15.6. The Morgan fingerprint density at radius 3 is 2.59 bits per heavy atom. The molecule has 6 heteroatoms. The fraction of sp³-hybridized carbons (Fsp3) is 0.0952. The van der Waals surface area contributed by atoms with Crippen molar-refractivity contribution in [3.05, 3.63) is 80.6 Å². The van der Waals surface area contributed by atoms with Crippen molar-refractivity contribution in [1.29, 1.82) is 0 Å². The van der Waals surface area contributed by atoms with E-state index in [1.54, 1.807) is 24.3 Å². The minimum atomic E-state index is -0.357. The molecule has 0 amide bonds. The number of rotatable bonds is 1. The van der Waals surface area contributed by atoms with Gasteiger partial charge in [0.05, 0.1) is 28.2 Å². The smallest absolute Gasteiger partial charge is 0.344 e. The van der Waals surface area contributed by atoms with Crippen LogP contribution in [0.3, 0.4) is 0 Å². The minimum Gasteiger partial charge on any atom is -0.473 e. The summed E-state index contributed by atoms with van der Waals surface area (Å²) in [5.74, 6) is 0.704. The average molecular weight is 398 g/mol. The number of nitrogens with zero attached hydrogens (tertiary/aromatic N) is 1. The van der Waals surface area contributed by atoms with Gasteiger partial charge >= 0.3 is 5.63 Å². The third-order valence-electron chi connectivity index (χ3n) is 4.82. The predicted octanol–water partition coefficient (Wildman–Crippen LogP) is 5.61. The van der Waals surface area contributed by atoms with Crippen LogP contribution in [0.15, 0.2) is 63.8 Å². The van der Waals surface area contributed by atoms with E-state index < -0.39 is 0 Å². The molecule has 1 aliphatic heterocycles. The molecule has 1 aromatic heterocycles. The Balaban J connectivity index is 1.71. The van der Waals surface area contributed by atoms with Crippen LogP contribution >= 0.6 is 23.2 Å². The van der Waals surface area contributed by atoms with Crippen molar-refractivity contribution in [3.63, 3.8) is 0 Å². The van der Waals surface area contributed by atoms with E-state index in [4.69, 9.17) is 32.4 Å². The van der Waals surface area contributed by atoms with E-state index >= 15 is 0 Å². The zero-order chi connectivity index (χ0) is 18.5. The van der Waals surface area contributed by atoms with Crippen LogP contribution in [-0.2, 0) is 6.54 Å². The fourth-order valence-corrected chi connectivity index (χ4v) is 3.94. The van der Waals surface area contributed by atoms with Gasteiger partial charge < -0.3 is 14.1 Å². The summed E-state index contributed by atoms with van der Waals surface area (Å²) in [6.45, 7) is 0.824. The van der Waals surface area contributed by atoms with Crippen LogP contribution in [0.2, 0.25) is 10.0 Å². The molecule has 5 rings (SSSR count). The molecule has 0 unspecified atom stereocenters. The van der Waals surface area contributed by atoms with Crippen LogP contribution in [0.4, 0.5) is 5.69 Å². The first kappa shape index (κ1) is 16.5. The summed E-state index contributed by atoms with van der Waals surface area (Å²) in [6.07, 6.45) is 0. The van der Waals surface area contributed by atoms with Gasteiger partial charge in [-0.05, 0) is 41.8 Å². The van der Waals surface area contributed by atoms with Gasteiger partial charge in [0.2, 0.25) is 0 Å². The molecule has 27 heavy (non-hydrogen) atoms. The highest BCUT2D eigenvalue weighted by molar-refractivity contribution is 6.35. The number of anilines is 1. The number of hydrogen-bond acceptors (Lipinski definition) is 4. The lowest BCUT2D eigenvalue weighted by atomic mass is 10.0. The van der Waals surface area contributed by atoms with Crippen LogP contribution in [0, 0.1) is 0 Å². The summed E-state index contributed by atoms with van der Waals surface area (Å²) in [7, 11) is 0. The highest BCUT2D eigenvalue weighted by atomic mass is 35.5. The van der Waals surface area contributed by atoms with Crippen molar-refractivity contribution in [2.75, 3.05) is 11.6 Å². The summed E-state index contributed by atoms with van der Waals surface area (Å²) in [4.78, 5) is 14.4. The van der Waals surface area contributed by atoms with E-state index in [1.165, 1.54) is 0 Å². The second-order valence-corrected chi connectivity index (χ2v) is 7.26. The summed E-state index contributed by atoms with van der Waals surface area (Å²) >= 11 is 12.5. The van der Waals surface area contributed by atoms with E-state index in [0.29, 0.717) is 40.0 Å². The Hall–Kier alpha value is -2.69. The van der Waals surface area contributed by atoms with Gasteiger partial charge in [-0.25, -0.2) is 4.79 Å². The van der Waals surface area contributed by atoms with E-state index in [2.05, 4.69) is 0 Å². The van der Waals surface area contributed by atoms with Crippen LogP contribution in [0.25, 0.3) is 21.7 Å². The molecule has 1 aliphatic rings. The first-order valence-electron chi connectivity index (χ1n) is 8.42. The van der Waals surface area contributed by atoms with E-state index in [-0.39, 0.29) is 5.63 Å². The van der Waals surface area contributed by atoms with Gasteiger partial charge in [-0.1, -0.05) is 41.4 Å². The third-order valence-corrected chi connectivity index (χ3v) is 5.38. The summed E-state index contributed by atoms with van der Waals surface area (Å²) < 4.78 is 11.6. The highest BCUT2D eigenvalue weighted by Crippen LogP contribution is 2.38. The summed E-state index contributed by atoms with van der Waals surface area (Å²) in [5, 5.41) is 3.49. The maximum Gasteiger partial charge on any atom is 0.344 e. The lowest BCUT2D eigenvalue weighted by Crippen LogP contribution is -2.32. The predicted molar refractivity (Wildman–Crippen MR) is 108 cm³/mol. The maximum atomic E-state index is 12.5. The molecular weight excluding hydrogens is 385 g/mol. The number of ether oxygens (including phenoxy) is 1. The van der Waals surface area contributed by atoms with E-state index in [9.17, 15) is 4.79 Å². The molecule has 0 radical (unpaired) electrons. The van der Waals surface area contributed by atoms with Crippen LogP contribution in [-0.4, -0.2) is 6.73 Å². The Labute approximate surface area is 164 Å². The topological polar surface area (TPSA) is 42.7 Å². The monoisotopic (exact) mass is 397 g/mol. The molecule has 4 nitrogen and oxygen atoms in total. The van der Waals surface area contributed by atoms with Crippen molar-refractivity contribution in [2.45, 2.75) is 6.54 Å². The second-order valence-electron chi connectivity index (χ2n) is 6.42. The van der Waals surface area contributed by atoms with Crippen molar-refractivity contribution in [3.8, 4) is 5.75 Å². The van der Waals surface area contributed by atoms with Crippen molar-refractivity contribution in [2.24, 2.45) is 0 Å². The van der Waals surface area contributed by atoms with Gasteiger partial charge in [0.15, 0.2) is 6.73 Å². The molecule has 0 bridgehead atoms. The number of fused-ring (bicyclic) bond motifs is 5. The molecule has 0 saturated heterocycles. The quantitative estimate of drug-likeness (QED) is 0.309. The van der Waals surface area contributed by atoms with Gasteiger partial charge in [-0.2, -0.15) is 0 Å². The van der Waals surface area contributed by atoms with Crippen LogP contribution < -0.4 is 15.3 Å². The van der Waals surface area contributed by atoms with Gasteiger partial charge in [-0.15, -0.1) is 0 Å². The number of halogens is 2. The van der Waals surface area contributed by atoms with Crippen molar-refractivity contribution < 1.29 is 9.15 Å². The van der Waals surface area contributed by atoms with E-state index in [0.717, 1.165) is 22.0 Å². The molecule has 4 aromatic rings. The molecule has 0 spiro atoms. The van der Waals surface area contributed by atoms with Gasteiger partial charge in [0, 0.05) is 10.4 Å². The Morgan fingerprint density at radius 2 is 1.74 bits per heavy atom. The molecule has 134 valence electrons. The SMILES string of the molecule is O=c1oc2c3c(ccc2c2ccccc12)OCN(c1cc(Cl)ccc1Cl)C3. The molecular formula is C21H13Cl2NO3. The van der Waals surface area contributed by atoms with E-state index in [1.807, 2.05) is 35.2 Å². The lowest BCUT2D eigenvalue weighted by Gasteiger charge is -2.31. The van der Waals surface area contributed by atoms with Gasteiger partial charge in [-0.3, -0.25) is 0 Å². The first-order chi connectivity index (χ1) is 13.1. The minimum absolute atomic E-state index is 0.330. The van der Waals surface area contributed by atoms with Crippen LogP contribution in [0.5, 0.6) is 5.75 Å². The maximum absolute atomic E-state index is 12.5. The Bertz CT molecular complexity index is 1270. The number of benzene rings is 3. The van der Waals surface area contributed by atoms with Gasteiger partial charge in [0.1, 0.15) is 11.3 Å². The molecule has 0 atom stereocenters. The second kappa shape index (κ2) is 6.19. The zero-order valence-electron chi connectivity index (χ0n) is 14.0. The molecule has 0 fully saturated rings. The largest absolute Gasteiger partial charge is 0.473 e. The third kappa shape index (κ3) is 2.64. The number of hydrogen-bond donors (Lipinski definition) is 0. The average Bonchev–Trinajstić information content (AvgIpc) is 2.69. The molecule has 2 heterocycles. The van der Waals surface area contributed by atoms with Gasteiger partial charge in [0.25, 0.3) is 0 Å². The first-order valence-corrected chi connectivity index (χ1v) is 9.17. The molecule has 0 aliphatic carbocycles. The van der Waals surface area contributed by atoms with Crippen molar-refractivity contribution in [1.82, 2.24) is 0 Å². The molecule has 3 aromatic carbocycles. The van der Waals surface area contributed by atoms with Crippen LogP contribution in [0.1, 0.15) is 5.56 Å². The summed E-state index contributed by atoms with van der Waals surface area (Å²) in [5.41, 5.74) is 1.77. The highest BCUT2D eigenvalue weighted by Gasteiger charge is 2.24. The standard InChI is InChI=1S/C21H13Cl2NO3/c22-12-5-7-17(23)18(9-12)24-10-16-19(26-11-24)8-6-14-13-3-1-2-4-15(13)21(25)27-20(14)16/h1-9H,10-11H2. The lowest BCUT2D eigenvalue weighted by molar-refractivity contribution is 0.289. The Kier molecular flexibility index (Phi) is 3.78. The normalized spacial score (nSPS) is 13.6. The molecule has 0 N–H and O–H groups in total. The molecule has 0 saturated carbocycles. The van der Waals surface area contributed by atoms with Crippen molar-refractivity contribution >= 4 is 50.6 Å². The summed E-state index contributed by atoms with van der Waals surface area (Å²) in [6, 6.07) is 16.6. The fourth-order valence-electron chi connectivity index (χ4n) is 3.53. The Morgan fingerprint density at radius 1 is 0.926 bits per heavy atom.